The average Bonchev–Trinajstić information content (AvgIpc) is 3.80. The predicted octanol–water partition coefficient (Wildman–Crippen LogP) is 14.6. The third-order valence-electron chi connectivity index (χ3n) is 10.6. The van der Waals surface area contributed by atoms with Crippen molar-refractivity contribution >= 4 is 82.5 Å². The topological polar surface area (TPSA) is 29.5 Å². The minimum absolute atomic E-state index is 0.827. The van der Waals surface area contributed by atoms with E-state index in [0.29, 0.717) is 0 Å². The molecule has 0 atom stereocenters. The molecule has 0 aliphatic heterocycles. The molecule has 0 aliphatic rings. The van der Waals surface area contributed by atoms with E-state index in [1.807, 2.05) is 18.2 Å². The second-order valence-electron chi connectivity index (χ2n) is 13.6. The van der Waals surface area contributed by atoms with E-state index in [1.165, 1.54) is 16.2 Å². The van der Waals surface area contributed by atoms with Crippen LogP contribution in [0.3, 0.4) is 0 Å². The number of nitrogens with zero attached hydrogens (tertiary/aromatic N) is 1. The Hall–Kier alpha value is -7.10. The molecule has 53 heavy (non-hydrogen) atoms. The zero-order valence-electron chi connectivity index (χ0n) is 28.7. The Morgan fingerprint density at radius 1 is 0.321 bits per heavy atom. The average molecular weight is 678 g/mol. The van der Waals surface area contributed by atoms with Gasteiger partial charge in [-0.15, -0.1) is 0 Å². The van der Waals surface area contributed by atoms with E-state index in [2.05, 4.69) is 175 Å². The predicted molar refractivity (Wildman–Crippen MR) is 222 cm³/mol. The Balaban J connectivity index is 1.27. The van der Waals surface area contributed by atoms with E-state index in [0.717, 1.165) is 88.6 Å². The second kappa shape index (κ2) is 11.7. The SMILES string of the molecule is c1ccc(-c2ccc3c(c2)oc2c(N(c4ccc5c(c4)oc4ccccc45)c4c(-c5ccccc5)c5ccccc5c5ccccc45)cccc23)cc1. The molecule has 3 nitrogen and oxygen atoms in total. The van der Waals surface area contributed by atoms with Crippen molar-refractivity contribution in [2.75, 3.05) is 4.90 Å². The number of furan rings is 2. The first kappa shape index (κ1) is 29.6. The maximum absolute atomic E-state index is 6.99. The molecule has 248 valence electrons. The van der Waals surface area contributed by atoms with Crippen LogP contribution < -0.4 is 4.90 Å². The Bertz CT molecular complexity index is 3170. The lowest BCUT2D eigenvalue weighted by atomic mass is 9.90. The minimum Gasteiger partial charge on any atom is -0.456 e. The van der Waals surface area contributed by atoms with Gasteiger partial charge in [0.1, 0.15) is 16.7 Å². The molecular weight excluding hydrogens is 647 g/mol. The molecule has 0 N–H and O–H groups in total. The molecule has 0 aliphatic carbocycles. The van der Waals surface area contributed by atoms with Crippen LogP contribution in [0.15, 0.2) is 197 Å². The Kier molecular flexibility index (Phi) is 6.55. The molecule has 0 spiro atoms. The third-order valence-corrected chi connectivity index (χ3v) is 10.6. The first-order valence-electron chi connectivity index (χ1n) is 18.0. The van der Waals surface area contributed by atoms with E-state index >= 15 is 0 Å². The Labute approximate surface area is 305 Å². The zero-order valence-corrected chi connectivity index (χ0v) is 28.7. The van der Waals surface area contributed by atoms with E-state index in [-0.39, 0.29) is 0 Å². The first-order valence-corrected chi connectivity index (χ1v) is 18.0. The fourth-order valence-electron chi connectivity index (χ4n) is 8.26. The minimum atomic E-state index is 0.827. The molecule has 0 fully saturated rings. The highest BCUT2D eigenvalue weighted by molar-refractivity contribution is 6.23. The molecule has 3 heteroatoms. The molecule has 9 aromatic carbocycles. The van der Waals surface area contributed by atoms with Crippen molar-refractivity contribution in [2.45, 2.75) is 0 Å². The summed E-state index contributed by atoms with van der Waals surface area (Å²) < 4.78 is 13.5. The van der Waals surface area contributed by atoms with Crippen LogP contribution in [-0.4, -0.2) is 0 Å². The van der Waals surface area contributed by atoms with Gasteiger partial charge in [-0.3, -0.25) is 0 Å². The summed E-state index contributed by atoms with van der Waals surface area (Å²) in [5.74, 6) is 0. The molecule has 11 rings (SSSR count). The molecule has 11 aromatic rings. The van der Waals surface area contributed by atoms with Gasteiger partial charge in [0.15, 0.2) is 5.58 Å². The van der Waals surface area contributed by atoms with Crippen LogP contribution in [0.1, 0.15) is 0 Å². The van der Waals surface area contributed by atoms with Gasteiger partial charge in [-0.25, -0.2) is 0 Å². The van der Waals surface area contributed by atoms with E-state index in [1.54, 1.807) is 0 Å². The summed E-state index contributed by atoms with van der Waals surface area (Å²) in [5.41, 5.74) is 11.0. The number of benzene rings is 9. The number of rotatable bonds is 5. The van der Waals surface area contributed by atoms with Crippen LogP contribution in [0.25, 0.3) is 87.7 Å². The summed E-state index contributed by atoms with van der Waals surface area (Å²) in [6.07, 6.45) is 0. The fourth-order valence-corrected chi connectivity index (χ4v) is 8.26. The van der Waals surface area contributed by atoms with Gasteiger partial charge in [0.05, 0.1) is 17.1 Å². The van der Waals surface area contributed by atoms with Gasteiger partial charge in [-0.1, -0.05) is 146 Å². The van der Waals surface area contributed by atoms with Crippen LogP contribution >= 0.6 is 0 Å². The molecule has 0 bridgehead atoms. The standard InChI is InChI=1S/C50H31NO2/c1-3-14-32(15-4-1)34-26-28-40-43-23-13-24-44(50(43)53-46(40)30-34)51(35-27-29-39-38-20-11-12-25-45(38)52-47(39)31-35)49-42-22-10-8-19-37(42)36-18-7-9-21-41(36)48(49)33-16-5-2-6-17-33/h1-31H. The summed E-state index contributed by atoms with van der Waals surface area (Å²) in [5, 5.41) is 9.09. The van der Waals surface area contributed by atoms with E-state index in [4.69, 9.17) is 8.83 Å². The van der Waals surface area contributed by atoms with Gasteiger partial charge in [-0.05, 0) is 69.2 Å². The van der Waals surface area contributed by atoms with Gasteiger partial charge in [0.2, 0.25) is 0 Å². The lowest BCUT2D eigenvalue weighted by Gasteiger charge is -2.30. The highest BCUT2D eigenvalue weighted by atomic mass is 16.3. The Morgan fingerprint density at radius 2 is 0.887 bits per heavy atom. The number of anilines is 3. The van der Waals surface area contributed by atoms with Crippen LogP contribution in [0.2, 0.25) is 0 Å². The fraction of sp³-hybridized carbons (Fsp3) is 0. The highest BCUT2D eigenvalue weighted by Crippen LogP contribution is 2.52. The summed E-state index contributed by atoms with van der Waals surface area (Å²) in [6.45, 7) is 0. The number of hydrogen-bond donors (Lipinski definition) is 0. The van der Waals surface area contributed by atoms with Crippen molar-refractivity contribution in [3.8, 4) is 22.3 Å². The van der Waals surface area contributed by atoms with E-state index in [9.17, 15) is 0 Å². The van der Waals surface area contributed by atoms with Crippen molar-refractivity contribution in [1.82, 2.24) is 0 Å². The summed E-state index contributed by atoms with van der Waals surface area (Å²) in [7, 11) is 0. The second-order valence-corrected chi connectivity index (χ2v) is 13.6. The van der Waals surface area contributed by atoms with Crippen molar-refractivity contribution in [1.29, 1.82) is 0 Å². The molecule has 0 unspecified atom stereocenters. The lowest BCUT2D eigenvalue weighted by Crippen LogP contribution is -2.12. The smallest absolute Gasteiger partial charge is 0.159 e. The quantitative estimate of drug-likeness (QED) is 0.170. The molecule has 0 saturated carbocycles. The maximum Gasteiger partial charge on any atom is 0.159 e. The molecule has 0 radical (unpaired) electrons. The number of para-hydroxylation sites is 2. The van der Waals surface area contributed by atoms with Crippen LogP contribution in [-0.2, 0) is 0 Å². The third kappa shape index (κ3) is 4.61. The summed E-state index contributed by atoms with van der Waals surface area (Å²) in [6, 6.07) is 66.7. The molecule has 0 saturated heterocycles. The first-order chi connectivity index (χ1) is 26.3. The van der Waals surface area contributed by atoms with Gasteiger partial charge in [-0.2, -0.15) is 0 Å². The molecule has 2 heterocycles. The van der Waals surface area contributed by atoms with Crippen LogP contribution in [0, 0.1) is 0 Å². The van der Waals surface area contributed by atoms with Gasteiger partial charge in [0.25, 0.3) is 0 Å². The van der Waals surface area contributed by atoms with Crippen LogP contribution in [0.5, 0.6) is 0 Å². The zero-order chi connectivity index (χ0) is 34.9. The monoisotopic (exact) mass is 677 g/mol. The van der Waals surface area contributed by atoms with Gasteiger partial charge >= 0.3 is 0 Å². The van der Waals surface area contributed by atoms with Crippen LogP contribution in [0.4, 0.5) is 17.1 Å². The van der Waals surface area contributed by atoms with E-state index < -0.39 is 0 Å². The van der Waals surface area contributed by atoms with Gasteiger partial charge in [0, 0.05) is 38.6 Å². The maximum atomic E-state index is 6.99. The van der Waals surface area contributed by atoms with Crippen molar-refractivity contribution in [3.63, 3.8) is 0 Å². The largest absolute Gasteiger partial charge is 0.456 e. The summed E-state index contributed by atoms with van der Waals surface area (Å²) >= 11 is 0. The Morgan fingerprint density at radius 3 is 1.68 bits per heavy atom. The summed E-state index contributed by atoms with van der Waals surface area (Å²) in [4.78, 5) is 2.40. The van der Waals surface area contributed by atoms with Gasteiger partial charge < -0.3 is 13.7 Å². The highest BCUT2D eigenvalue weighted by Gasteiger charge is 2.27. The molecule has 0 amide bonds. The number of hydrogen-bond acceptors (Lipinski definition) is 3. The molecule has 2 aromatic heterocycles. The van der Waals surface area contributed by atoms with Crippen molar-refractivity contribution in [2.24, 2.45) is 0 Å². The lowest BCUT2D eigenvalue weighted by molar-refractivity contribution is 0.667. The molecular formula is C50H31NO2. The normalized spacial score (nSPS) is 11.8. The van der Waals surface area contributed by atoms with Crippen molar-refractivity contribution in [3.05, 3.63) is 188 Å². The van der Waals surface area contributed by atoms with Crippen molar-refractivity contribution < 1.29 is 8.83 Å². The number of fused-ring (bicyclic) bond motifs is 9.